The zero-order valence-electron chi connectivity index (χ0n) is 15.1. The van der Waals surface area contributed by atoms with Gasteiger partial charge in [0.15, 0.2) is 0 Å². The van der Waals surface area contributed by atoms with E-state index in [4.69, 9.17) is 0 Å². The molecule has 0 unspecified atom stereocenters. The minimum atomic E-state index is 0.173. The van der Waals surface area contributed by atoms with E-state index >= 15 is 0 Å². The van der Waals surface area contributed by atoms with Crippen LogP contribution in [-0.4, -0.2) is 51.7 Å². The lowest BCUT2D eigenvalue weighted by Gasteiger charge is -2.35. The van der Waals surface area contributed by atoms with Crippen molar-refractivity contribution in [3.05, 3.63) is 53.3 Å². The molecule has 2 atom stereocenters. The van der Waals surface area contributed by atoms with Gasteiger partial charge >= 0.3 is 0 Å². The second-order valence-electron chi connectivity index (χ2n) is 7.42. The Morgan fingerprint density at radius 1 is 1.20 bits per heavy atom. The number of amides is 1. The zero-order valence-corrected chi connectivity index (χ0v) is 15.1. The third kappa shape index (κ3) is 3.47. The van der Waals surface area contributed by atoms with Crippen molar-refractivity contribution in [2.24, 2.45) is 13.0 Å². The molecule has 2 aliphatic rings. The van der Waals surface area contributed by atoms with Crippen molar-refractivity contribution in [2.75, 3.05) is 26.2 Å². The standard InChI is InChI=1S/C20H26N4O/c1-15-5-3-4-6-16(15)14-23-7-9-24(10-8-23)20(25)19-11-18(19)17-12-21-22(2)13-17/h3-6,12-13,18-19H,7-11,14H2,1-2H3/t18-,19+/m1/s1. The van der Waals surface area contributed by atoms with Crippen molar-refractivity contribution >= 4 is 5.91 Å². The number of hydrogen-bond donors (Lipinski definition) is 0. The van der Waals surface area contributed by atoms with Crippen LogP contribution in [-0.2, 0) is 18.4 Å². The molecule has 1 amide bonds. The highest BCUT2D eigenvalue weighted by Gasteiger charge is 2.46. The number of piperazine rings is 1. The number of rotatable bonds is 4. The van der Waals surface area contributed by atoms with Gasteiger partial charge in [0.2, 0.25) is 5.91 Å². The van der Waals surface area contributed by atoms with Gasteiger partial charge in [-0.3, -0.25) is 14.4 Å². The van der Waals surface area contributed by atoms with E-state index in [1.54, 1.807) is 0 Å². The van der Waals surface area contributed by atoms with Gasteiger partial charge in [0.1, 0.15) is 0 Å². The molecule has 5 nitrogen and oxygen atoms in total. The van der Waals surface area contributed by atoms with Gasteiger partial charge in [-0.15, -0.1) is 0 Å². The zero-order chi connectivity index (χ0) is 17.4. The Morgan fingerprint density at radius 3 is 2.64 bits per heavy atom. The van der Waals surface area contributed by atoms with Crippen molar-refractivity contribution < 1.29 is 4.79 Å². The summed E-state index contributed by atoms with van der Waals surface area (Å²) in [6.45, 7) is 6.77. The Labute approximate surface area is 149 Å². The summed E-state index contributed by atoms with van der Waals surface area (Å²) in [6.07, 6.45) is 4.92. The van der Waals surface area contributed by atoms with Crippen LogP contribution in [0.4, 0.5) is 0 Å². The quantitative estimate of drug-likeness (QED) is 0.858. The fourth-order valence-electron chi connectivity index (χ4n) is 3.86. The summed E-state index contributed by atoms with van der Waals surface area (Å²) in [5.74, 6) is 0.891. The topological polar surface area (TPSA) is 41.4 Å². The molecule has 1 saturated carbocycles. The molecule has 1 aliphatic carbocycles. The molecule has 0 bridgehead atoms. The van der Waals surface area contributed by atoms with Crippen LogP contribution in [0.1, 0.15) is 29.0 Å². The molecule has 2 fully saturated rings. The predicted octanol–water partition coefficient (Wildman–Crippen LogP) is 2.18. The van der Waals surface area contributed by atoms with E-state index in [0.29, 0.717) is 11.8 Å². The monoisotopic (exact) mass is 338 g/mol. The van der Waals surface area contributed by atoms with E-state index in [2.05, 4.69) is 46.1 Å². The molecule has 1 saturated heterocycles. The third-order valence-electron chi connectivity index (χ3n) is 5.60. The van der Waals surface area contributed by atoms with Gasteiger partial charge in [-0.2, -0.15) is 5.10 Å². The Bertz CT molecular complexity index is 761. The summed E-state index contributed by atoms with van der Waals surface area (Å²) in [5, 5.41) is 4.23. The van der Waals surface area contributed by atoms with Crippen molar-refractivity contribution in [1.82, 2.24) is 19.6 Å². The number of aromatic nitrogens is 2. The maximum absolute atomic E-state index is 12.8. The van der Waals surface area contributed by atoms with Gasteiger partial charge in [-0.25, -0.2) is 0 Å². The maximum atomic E-state index is 12.8. The fourth-order valence-corrected chi connectivity index (χ4v) is 3.86. The normalized spacial score (nSPS) is 23.7. The second kappa shape index (κ2) is 6.64. The first kappa shape index (κ1) is 16.3. The molecule has 2 aromatic rings. The van der Waals surface area contributed by atoms with Gasteiger partial charge < -0.3 is 4.90 Å². The van der Waals surface area contributed by atoms with E-state index < -0.39 is 0 Å². The first-order valence-corrected chi connectivity index (χ1v) is 9.16. The van der Waals surface area contributed by atoms with Crippen LogP contribution in [0.2, 0.25) is 0 Å². The SMILES string of the molecule is Cc1ccccc1CN1CCN(C(=O)[C@H]2C[C@@H]2c2cnn(C)c2)CC1. The molecular formula is C20H26N4O. The molecule has 4 rings (SSSR count). The largest absolute Gasteiger partial charge is 0.340 e. The molecule has 25 heavy (non-hydrogen) atoms. The number of nitrogens with zero attached hydrogens (tertiary/aromatic N) is 4. The first-order valence-electron chi connectivity index (χ1n) is 9.16. The molecule has 2 heterocycles. The van der Waals surface area contributed by atoms with E-state index in [1.807, 2.05) is 24.1 Å². The van der Waals surface area contributed by atoms with E-state index in [9.17, 15) is 4.79 Å². The molecular weight excluding hydrogens is 312 g/mol. The molecule has 0 spiro atoms. The van der Waals surface area contributed by atoms with Crippen molar-refractivity contribution in [3.8, 4) is 0 Å². The van der Waals surface area contributed by atoms with Crippen LogP contribution in [0.5, 0.6) is 0 Å². The van der Waals surface area contributed by atoms with Gasteiger partial charge in [0.25, 0.3) is 0 Å². The van der Waals surface area contributed by atoms with Crippen LogP contribution < -0.4 is 0 Å². The number of aryl methyl sites for hydroxylation is 2. The summed E-state index contributed by atoms with van der Waals surface area (Å²) >= 11 is 0. The molecule has 0 N–H and O–H groups in total. The highest BCUT2D eigenvalue weighted by molar-refractivity contribution is 5.83. The van der Waals surface area contributed by atoms with Crippen LogP contribution in [0.25, 0.3) is 0 Å². The Morgan fingerprint density at radius 2 is 1.96 bits per heavy atom. The Hall–Kier alpha value is -2.14. The lowest BCUT2D eigenvalue weighted by Crippen LogP contribution is -2.48. The van der Waals surface area contributed by atoms with Gasteiger partial charge in [0.05, 0.1) is 6.20 Å². The molecule has 1 aromatic heterocycles. The molecule has 1 aromatic carbocycles. The fraction of sp³-hybridized carbons (Fsp3) is 0.500. The van der Waals surface area contributed by atoms with Crippen molar-refractivity contribution in [1.29, 1.82) is 0 Å². The van der Waals surface area contributed by atoms with Crippen molar-refractivity contribution in [3.63, 3.8) is 0 Å². The van der Waals surface area contributed by atoms with Crippen LogP contribution in [0.15, 0.2) is 36.7 Å². The smallest absolute Gasteiger partial charge is 0.226 e. The minimum Gasteiger partial charge on any atom is -0.340 e. The minimum absolute atomic E-state index is 0.173. The molecule has 1 aliphatic heterocycles. The Balaban J connectivity index is 1.29. The van der Waals surface area contributed by atoms with Gasteiger partial charge in [-0.05, 0) is 36.0 Å². The van der Waals surface area contributed by atoms with E-state index in [1.165, 1.54) is 16.7 Å². The van der Waals surface area contributed by atoms with E-state index in [0.717, 1.165) is 39.1 Å². The lowest BCUT2D eigenvalue weighted by atomic mass is 10.1. The Kier molecular flexibility index (Phi) is 4.34. The highest BCUT2D eigenvalue weighted by Crippen LogP contribution is 2.48. The molecule has 0 radical (unpaired) electrons. The summed E-state index contributed by atoms with van der Waals surface area (Å²) < 4.78 is 1.82. The van der Waals surface area contributed by atoms with Crippen LogP contribution >= 0.6 is 0 Å². The van der Waals surface area contributed by atoms with E-state index in [-0.39, 0.29) is 5.92 Å². The van der Waals surface area contributed by atoms with Crippen molar-refractivity contribution in [2.45, 2.75) is 25.8 Å². The van der Waals surface area contributed by atoms with Crippen LogP contribution in [0.3, 0.4) is 0 Å². The van der Waals surface area contributed by atoms with Crippen LogP contribution in [0, 0.1) is 12.8 Å². The first-order chi connectivity index (χ1) is 12.1. The summed E-state index contributed by atoms with van der Waals surface area (Å²) in [6, 6.07) is 8.56. The summed E-state index contributed by atoms with van der Waals surface area (Å²) in [4.78, 5) is 17.3. The predicted molar refractivity (Wildman–Crippen MR) is 97.1 cm³/mol. The van der Waals surface area contributed by atoms with Gasteiger partial charge in [-0.1, -0.05) is 24.3 Å². The number of carbonyl (C=O) groups excluding carboxylic acids is 1. The average Bonchev–Trinajstić information content (AvgIpc) is 3.31. The lowest BCUT2D eigenvalue weighted by molar-refractivity contribution is -0.134. The summed E-state index contributed by atoms with van der Waals surface area (Å²) in [5.41, 5.74) is 3.94. The number of hydrogen-bond acceptors (Lipinski definition) is 3. The third-order valence-corrected chi connectivity index (χ3v) is 5.60. The number of benzene rings is 1. The maximum Gasteiger partial charge on any atom is 0.226 e. The second-order valence-corrected chi connectivity index (χ2v) is 7.42. The average molecular weight is 338 g/mol. The van der Waals surface area contributed by atoms with Gasteiger partial charge in [0, 0.05) is 51.9 Å². The highest BCUT2D eigenvalue weighted by atomic mass is 16.2. The number of carbonyl (C=O) groups is 1. The summed E-state index contributed by atoms with van der Waals surface area (Å²) in [7, 11) is 1.93. The molecule has 132 valence electrons. The molecule has 5 heteroatoms.